The van der Waals surface area contributed by atoms with Crippen molar-refractivity contribution in [2.24, 2.45) is 5.92 Å². The molecule has 1 saturated heterocycles. The van der Waals surface area contributed by atoms with Crippen LogP contribution in [0.2, 0.25) is 0 Å². The summed E-state index contributed by atoms with van der Waals surface area (Å²) in [5.74, 6) is -1.09. The molecule has 0 atom stereocenters. The lowest BCUT2D eigenvalue weighted by molar-refractivity contribution is -0.136. The van der Waals surface area contributed by atoms with Crippen molar-refractivity contribution >= 4 is 23.4 Å². The Hall–Kier alpha value is -3.22. The highest BCUT2D eigenvalue weighted by molar-refractivity contribution is 6.39. The van der Waals surface area contributed by atoms with Gasteiger partial charge in [0.05, 0.1) is 5.56 Å². The molecule has 28 heavy (non-hydrogen) atoms. The van der Waals surface area contributed by atoms with E-state index in [1.165, 1.54) is 0 Å². The van der Waals surface area contributed by atoms with Crippen LogP contribution in [0.25, 0.3) is 0 Å². The van der Waals surface area contributed by atoms with E-state index in [0.717, 1.165) is 18.4 Å². The van der Waals surface area contributed by atoms with Gasteiger partial charge in [-0.15, -0.1) is 0 Å². The number of hydrogen-bond acceptors (Lipinski definition) is 4. The fourth-order valence-corrected chi connectivity index (χ4v) is 3.22. The molecule has 146 valence electrons. The van der Waals surface area contributed by atoms with E-state index in [2.05, 4.69) is 15.6 Å². The Morgan fingerprint density at radius 1 is 1.07 bits per heavy atom. The predicted molar refractivity (Wildman–Crippen MR) is 106 cm³/mol. The number of anilines is 1. The second-order valence-electron chi connectivity index (χ2n) is 6.96. The van der Waals surface area contributed by atoms with Crippen LogP contribution in [-0.2, 0) is 9.59 Å². The molecule has 1 fully saturated rings. The van der Waals surface area contributed by atoms with E-state index in [-0.39, 0.29) is 11.8 Å². The molecule has 2 N–H and O–H groups in total. The van der Waals surface area contributed by atoms with E-state index < -0.39 is 11.8 Å². The fourth-order valence-electron chi connectivity index (χ4n) is 3.22. The third-order valence-corrected chi connectivity index (χ3v) is 4.96. The zero-order chi connectivity index (χ0) is 19.9. The number of aromatic nitrogens is 1. The van der Waals surface area contributed by atoms with Gasteiger partial charge in [0.15, 0.2) is 0 Å². The van der Waals surface area contributed by atoms with Crippen molar-refractivity contribution in [3.63, 3.8) is 0 Å². The van der Waals surface area contributed by atoms with Gasteiger partial charge in [0.1, 0.15) is 0 Å². The molecular weight excluding hydrogens is 356 g/mol. The second-order valence-corrected chi connectivity index (χ2v) is 6.96. The summed E-state index contributed by atoms with van der Waals surface area (Å²) in [5, 5.41) is 5.33. The van der Waals surface area contributed by atoms with E-state index in [1.54, 1.807) is 41.6 Å². The van der Waals surface area contributed by atoms with Gasteiger partial charge in [-0.25, -0.2) is 0 Å². The molecule has 0 radical (unpaired) electrons. The van der Waals surface area contributed by atoms with Gasteiger partial charge in [0, 0.05) is 37.7 Å². The summed E-state index contributed by atoms with van der Waals surface area (Å²) >= 11 is 0. The van der Waals surface area contributed by atoms with Crippen molar-refractivity contribution in [3.8, 4) is 0 Å². The summed E-state index contributed by atoms with van der Waals surface area (Å²) in [7, 11) is 0. The highest BCUT2D eigenvalue weighted by atomic mass is 16.2. The molecule has 3 amide bonds. The quantitative estimate of drug-likeness (QED) is 0.794. The minimum Gasteiger partial charge on any atom is -0.348 e. The van der Waals surface area contributed by atoms with Crippen molar-refractivity contribution in [2.75, 3.05) is 25.0 Å². The Balaban J connectivity index is 1.42. The Morgan fingerprint density at radius 3 is 2.50 bits per heavy atom. The zero-order valence-corrected chi connectivity index (χ0v) is 15.9. The molecule has 0 saturated carbocycles. The maximum Gasteiger partial charge on any atom is 0.313 e. The molecule has 1 aromatic carbocycles. The van der Waals surface area contributed by atoms with Gasteiger partial charge >= 0.3 is 11.8 Å². The molecule has 0 bridgehead atoms. The molecule has 2 aromatic rings. The van der Waals surface area contributed by atoms with Crippen LogP contribution in [0.4, 0.5) is 5.69 Å². The van der Waals surface area contributed by atoms with Crippen molar-refractivity contribution in [2.45, 2.75) is 19.8 Å². The predicted octanol–water partition coefficient (Wildman–Crippen LogP) is 2.00. The van der Waals surface area contributed by atoms with E-state index in [1.807, 2.05) is 19.1 Å². The Bertz CT molecular complexity index is 846. The number of likely N-dealkylation sites (tertiary alicyclic amines) is 1. The molecule has 0 unspecified atom stereocenters. The fraction of sp³-hybridized carbons (Fsp3) is 0.333. The topological polar surface area (TPSA) is 91.4 Å². The molecule has 1 aliphatic rings. The molecule has 1 aliphatic heterocycles. The highest BCUT2D eigenvalue weighted by Crippen LogP contribution is 2.18. The van der Waals surface area contributed by atoms with Crippen molar-refractivity contribution in [3.05, 3.63) is 59.9 Å². The van der Waals surface area contributed by atoms with Gasteiger partial charge in [0.25, 0.3) is 5.91 Å². The second kappa shape index (κ2) is 9.12. The van der Waals surface area contributed by atoms with Crippen LogP contribution in [0.15, 0.2) is 48.8 Å². The normalized spacial score (nSPS) is 14.4. The summed E-state index contributed by atoms with van der Waals surface area (Å²) in [4.78, 5) is 42.3. The molecule has 7 heteroatoms. The summed E-state index contributed by atoms with van der Waals surface area (Å²) in [6, 6.07) is 10.8. The monoisotopic (exact) mass is 380 g/mol. The molecule has 2 heterocycles. The zero-order valence-electron chi connectivity index (χ0n) is 15.9. The van der Waals surface area contributed by atoms with Gasteiger partial charge in [-0.1, -0.05) is 18.2 Å². The minimum atomic E-state index is -0.668. The van der Waals surface area contributed by atoms with E-state index >= 15 is 0 Å². The maximum atomic E-state index is 12.4. The summed E-state index contributed by atoms with van der Waals surface area (Å²) < 4.78 is 0. The molecular formula is C21H24N4O3. The van der Waals surface area contributed by atoms with Crippen molar-refractivity contribution in [1.29, 1.82) is 0 Å². The maximum absolute atomic E-state index is 12.4. The third-order valence-electron chi connectivity index (χ3n) is 4.96. The van der Waals surface area contributed by atoms with Crippen LogP contribution in [0.1, 0.15) is 28.8 Å². The lowest BCUT2D eigenvalue weighted by Crippen LogP contribution is -2.43. The Morgan fingerprint density at radius 2 is 1.82 bits per heavy atom. The molecule has 7 nitrogen and oxygen atoms in total. The van der Waals surface area contributed by atoms with E-state index in [0.29, 0.717) is 30.9 Å². The van der Waals surface area contributed by atoms with E-state index in [9.17, 15) is 14.4 Å². The van der Waals surface area contributed by atoms with Gasteiger partial charge in [-0.05, 0) is 49.4 Å². The number of carbonyl (C=O) groups excluding carboxylic acids is 3. The number of amides is 3. The van der Waals surface area contributed by atoms with Crippen LogP contribution < -0.4 is 10.6 Å². The third kappa shape index (κ3) is 4.94. The Kier molecular flexibility index (Phi) is 6.37. The number of aryl methyl sites for hydroxylation is 1. The first-order chi connectivity index (χ1) is 13.5. The van der Waals surface area contributed by atoms with Crippen molar-refractivity contribution < 1.29 is 14.4 Å². The number of para-hydroxylation sites is 1. The average molecular weight is 380 g/mol. The van der Waals surface area contributed by atoms with Crippen LogP contribution in [0.5, 0.6) is 0 Å². The summed E-state index contributed by atoms with van der Waals surface area (Å²) in [5.41, 5.74) is 2.11. The number of carbonyl (C=O) groups is 3. The summed E-state index contributed by atoms with van der Waals surface area (Å²) in [6.45, 7) is 3.55. The average Bonchev–Trinajstić information content (AvgIpc) is 2.74. The SMILES string of the molecule is Cc1ccccc1NC(=O)C(=O)NCC1CCN(C(=O)c2cccnc2)CC1. The molecule has 1 aromatic heterocycles. The first-order valence-electron chi connectivity index (χ1n) is 9.38. The van der Waals surface area contributed by atoms with Crippen LogP contribution >= 0.6 is 0 Å². The number of piperidine rings is 1. The number of pyridine rings is 1. The summed E-state index contributed by atoms with van der Waals surface area (Å²) in [6.07, 6.45) is 4.78. The smallest absolute Gasteiger partial charge is 0.313 e. The van der Waals surface area contributed by atoms with Crippen molar-refractivity contribution in [1.82, 2.24) is 15.2 Å². The standard InChI is InChI=1S/C21H24N4O3/c1-15-5-2-3-7-18(15)24-20(27)19(26)23-13-16-8-11-25(12-9-16)21(28)17-6-4-10-22-14-17/h2-7,10,14,16H,8-9,11-13H2,1H3,(H,23,26)(H,24,27). The lowest BCUT2D eigenvalue weighted by Gasteiger charge is -2.32. The molecule has 0 aliphatic carbocycles. The number of rotatable bonds is 4. The van der Waals surface area contributed by atoms with Crippen LogP contribution in [0.3, 0.4) is 0 Å². The van der Waals surface area contributed by atoms with Gasteiger partial charge in [0.2, 0.25) is 0 Å². The highest BCUT2D eigenvalue weighted by Gasteiger charge is 2.24. The first-order valence-corrected chi connectivity index (χ1v) is 9.38. The van der Waals surface area contributed by atoms with Crippen LogP contribution in [-0.4, -0.2) is 47.2 Å². The Labute approximate surface area is 164 Å². The molecule has 0 spiro atoms. The van der Waals surface area contributed by atoms with Gasteiger partial charge in [-0.3, -0.25) is 19.4 Å². The first kappa shape index (κ1) is 19.5. The van der Waals surface area contributed by atoms with Gasteiger partial charge < -0.3 is 15.5 Å². The number of hydrogen-bond donors (Lipinski definition) is 2. The number of nitrogens with one attached hydrogen (secondary N) is 2. The largest absolute Gasteiger partial charge is 0.348 e. The lowest BCUT2D eigenvalue weighted by atomic mass is 9.96. The van der Waals surface area contributed by atoms with Crippen LogP contribution in [0, 0.1) is 12.8 Å². The number of benzene rings is 1. The minimum absolute atomic E-state index is 0.0202. The van der Waals surface area contributed by atoms with E-state index in [4.69, 9.17) is 0 Å². The number of nitrogens with zero attached hydrogens (tertiary/aromatic N) is 2. The molecule has 3 rings (SSSR count). The van der Waals surface area contributed by atoms with Gasteiger partial charge in [-0.2, -0.15) is 0 Å².